The molecule has 3 nitrogen and oxygen atoms in total. The smallest absolute Gasteiger partial charge is 0.415 e. The number of alkyl halides is 3. The largest absolute Gasteiger partial charge is 0.487 e. The summed E-state index contributed by atoms with van der Waals surface area (Å²) in [7, 11) is 0. The van der Waals surface area contributed by atoms with E-state index in [2.05, 4.69) is 0 Å². The molecule has 0 aromatic heterocycles. The minimum atomic E-state index is -4.50. The van der Waals surface area contributed by atoms with E-state index in [0.29, 0.717) is 10.8 Å². The number of carbonyl (C=O) groups is 1. The first-order valence-electron chi connectivity index (χ1n) is 6.07. The topological polar surface area (TPSA) is 46.5 Å². The van der Waals surface area contributed by atoms with E-state index in [-0.39, 0.29) is 16.9 Å². The second kappa shape index (κ2) is 4.51. The Balaban J connectivity index is 2.35. The normalized spacial score (nSPS) is 14.3. The minimum Gasteiger partial charge on any atom is -0.487 e. The Bertz CT molecular complexity index is 776. The lowest BCUT2D eigenvalue weighted by Gasteiger charge is -2.22. The third-order valence-corrected chi connectivity index (χ3v) is 3.33. The summed E-state index contributed by atoms with van der Waals surface area (Å²) >= 11 is 0. The first kappa shape index (κ1) is 13.5. The number of carboxylic acid groups (broad SMARTS) is 1. The Kier molecular flexibility index (Phi) is 2.90. The lowest BCUT2D eigenvalue weighted by Crippen LogP contribution is -2.22. The van der Waals surface area contributed by atoms with Gasteiger partial charge in [-0.3, -0.25) is 0 Å². The summed E-state index contributed by atoms with van der Waals surface area (Å²) in [6, 6.07) is 8.07. The average molecular weight is 294 g/mol. The van der Waals surface area contributed by atoms with Crippen LogP contribution in [0.5, 0.6) is 5.75 Å². The van der Waals surface area contributed by atoms with Gasteiger partial charge in [-0.2, -0.15) is 13.2 Å². The second-order valence-electron chi connectivity index (χ2n) is 4.65. The van der Waals surface area contributed by atoms with Crippen LogP contribution < -0.4 is 4.74 Å². The van der Waals surface area contributed by atoms with Crippen LogP contribution in [0.1, 0.15) is 15.9 Å². The number of fused-ring (bicyclic) bond motifs is 3. The summed E-state index contributed by atoms with van der Waals surface area (Å²) in [4.78, 5) is 11.3. The van der Waals surface area contributed by atoms with Gasteiger partial charge >= 0.3 is 12.1 Å². The third kappa shape index (κ3) is 2.22. The van der Waals surface area contributed by atoms with Crippen LogP contribution in [-0.2, 0) is 0 Å². The SMILES string of the molecule is O=C(O)c1cc2ccccc2c2c1OCC(C(F)(F)F)=C2. The van der Waals surface area contributed by atoms with E-state index < -0.39 is 24.3 Å². The molecule has 0 saturated heterocycles. The fourth-order valence-corrected chi connectivity index (χ4v) is 2.34. The Morgan fingerprint density at radius 2 is 1.95 bits per heavy atom. The van der Waals surface area contributed by atoms with Gasteiger partial charge in [0.2, 0.25) is 0 Å². The molecule has 0 fully saturated rings. The van der Waals surface area contributed by atoms with Gasteiger partial charge in [-0.15, -0.1) is 0 Å². The molecule has 0 radical (unpaired) electrons. The zero-order valence-corrected chi connectivity index (χ0v) is 10.6. The number of ether oxygens (including phenoxy) is 1. The monoisotopic (exact) mass is 294 g/mol. The number of carboxylic acids is 1. The Labute approximate surface area is 117 Å². The fraction of sp³-hybridized carbons (Fsp3) is 0.133. The van der Waals surface area contributed by atoms with Gasteiger partial charge in [-0.25, -0.2) is 4.79 Å². The molecule has 2 aromatic carbocycles. The van der Waals surface area contributed by atoms with Crippen LogP contribution >= 0.6 is 0 Å². The molecule has 3 rings (SSSR count). The maximum Gasteiger partial charge on any atom is 0.415 e. The molecule has 0 aliphatic carbocycles. The fourth-order valence-electron chi connectivity index (χ4n) is 2.34. The highest BCUT2D eigenvalue weighted by atomic mass is 19.4. The number of benzene rings is 2. The van der Waals surface area contributed by atoms with Crippen LogP contribution in [0, 0.1) is 0 Å². The van der Waals surface area contributed by atoms with Crippen molar-refractivity contribution in [2.24, 2.45) is 0 Å². The van der Waals surface area contributed by atoms with E-state index in [0.717, 1.165) is 6.08 Å². The first-order chi connectivity index (χ1) is 9.88. The molecule has 21 heavy (non-hydrogen) atoms. The van der Waals surface area contributed by atoms with Gasteiger partial charge in [-0.05, 0) is 22.9 Å². The second-order valence-corrected chi connectivity index (χ2v) is 4.65. The number of rotatable bonds is 1. The van der Waals surface area contributed by atoms with E-state index in [1.807, 2.05) is 0 Å². The van der Waals surface area contributed by atoms with E-state index in [1.54, 1.807) is 24.3 Å². The standard InChI is InChI=1S/C15H9F3O3/c16-15(17,18)9-6-11-10-4-2-1-3-8(10)5-12(14(19)20)13(11)21-7-9/h1-6H,7H2,(H,19,20). The van der Waals surface area contributed by atoms with Crippen molar-refractivity contribution < 1.29 is 27.8 Å². The van der Waals surface area contributed by atoms with Crippen molar-refractivity contribution in [2.75, 3.05) is 6.61 Å². The van der Waals surface area contributed by atoms with Crippen LogP contribution in [-0.4, -0.2) is 23.9 Å². The molecule has 108 valence electrons. The third-order valence-electron chi connectivity index (χ3n) is 3.33. The molecule has 0 amide bonds. The number of hydrogen-bond acceptors (Lipinski definition) is 2. The lowest BCUT2D eigenvalue weighted by atomic mass is 9.96. The van der Waals surface area contributed by atoms with Gasteiger partial charge in [0, 0.05) is 5.56 Å². The molecular weight excluding hydrogens is 285 g/mol. The van der Waals surface area contributed by atoms with Crippen molar-refractivity contribution in [1.82, 2.24) is 0 Å². The molecule has 1 aliphatic rings. The zero-order valence-electron chi connectivity index (χ0n) is 10.6. The molecule has 1 N–H and O–H groups in total. The van der Waals surface area contributed by atoms with Gasteiger partial charge in [0.25, 0.3) is 0 Å². The number of aromatic carboxylic acids is 1. The summed E-state index contributed by atoms with van der Waals surface area (Å²) in [5, 5.41) is 10.3. The molecule has 1 aliphatic heterocycles. The van der Waals surface area contributed by atoms with Crippen molar-refractivity contribution in [3.63, 3.8) is 0 Å². The van der Waals surface area contributed by atoms with E-state index in [1.165, 1.54) is 6.07 Å². The van der Waals surface area contributed by atoms with Gasteiger partial charge in [0.1, 0.15) is 17.9 Å². The van der Waals surface area contributed by atoms with E-state index in [9.17, 15) is 23.1 Å². The van der Waals surface area contributed by atoms with Crippen molar-refractivity contribution >= 4 is 22.8 Å². The van der Waals surface area contributed by atoms with Crippen molar-refractivity contribution in [3.05, 3.63) is 47.0 Å². The highest BCUT2D eigenvalue weighted by Gasteiger charge is 2.37. The summed E-state index contributed by atoms with van der Waals surface area (Å²) in [6.07, 6.45) is -3.54. The average Bonchev–Trinajstić information content (AvgIpc) is 2.44. The molecular formula is C15H9F3O3. The predicted octanol–water partition coefficient (Wildman–Crippen LogP) is 3.88. The summed E-state index contributed by atoms with van der Waals surface area (Å²) in [6.45, 7) is -0.685. The van der Waals surface area contributed by atoms with E-state index in [4.69, 9.17) is 4.74 Å². The maximum absolute atomic E-state index is 12.8. The molecule has 1 heterocycles. The number of halogens is 3. The number of hydrogen-bond donors (Lipinski definition) is 1. The molecule has 0 bridgehead atoms. The van der Waals surface area contributed by atoms with Gasteiger partial charge in [0.05, 0.1) is 5.57 Å². The molecule has 0 unspecified atom stereocenters. The highest BCUT2D eigenvalue weighted by molar-refractivity contribution is 6.03. The van der Waals surface area contributed by atoms with Crippen LogP contribution in [0.2, 0.25) is 0 Å². The van der Waals surface area contributed by atoms with Crippen LogP contribution in [0.25, 0.3) is 16.8 Å². The van der Waals surface area contributed by atoms with Gasteiger partial charge < -0.3 is 9.84 Å². The molecule has 2 aromatic rings. The van der Waals surface area contributed by atoms with Crippen LogP contribution in [0.4, 0.5) is 13.2 Å². The summed E-state index contributed by atoms with van der Waals surface area (Å²) in [5.74, 6) is -1.25. The summed E-state index contributed by atoms with van der Waals surface area (Å²) < 4.78 is 43.6. The van der Waals surface area contributed by atoms with Gasteiger partial charge in [-0.1, -0.05) is 24.3 Å². The first-order valence-corrected chi connectivity index (χ1v) is 6.07. The van der Waals surface area contributed by atoms with Crippen molar-refractivity contribution in [3.8, 4) is 5.75 Å². The molecule has 6 heteroatoms. The molecule has 0 spiro atoms. The predicted molar refractivity (Wildman–Crippen MR) is 70.4 cm³/mol. The van der Waals surface area contributed by atoms with Crippen molar-refractivity contribution in [1.29, 1.82) is 0 Å². The maximum atomic E-state index is 12.8. The van der Waals surface area contributed by atoms with Crippen LogP contribution in [0.15, 0.2) is 35.9 Å². The van der Waals surface area contributed by atoms with Crippen molar-refractivity contribution in [2.45, 2.75) is 6.18 Å². The zero-order chi connectivity index (χ0) is 15.2. The lowest BCUT2D eigenvalue weighted by molar-refractivity contribution is -0.0960. The highest BCUT2D eigenvalue weighted by Crippen LogP contribution is 2.40. The minimum absolute atomic E-state index is 0.0193. The Hall–Kier alpha value is -2.50. The quantitative estimate of drug-likeness (QED) is 0.868. The Morgan fingerprint density at radius 1 is 1.24 bits per heavy atom. The summed E-state index contributed by atoms with van der Waals surface area (Å²) in [5.41, 5.74) is -0.812. The van der Waals surface area contributed by atoms with Crippen LogP contribution in [0.3, 0.4) is 0 Å². The molecule has 0 atom stereocenters. The molecule has 0 saturated carbocycles. The van der Waals surface area contributed by atoms with Gasteiger partial charge in [0.15, 0.2) is 0 Å². The Morgan fingerprint density at radius 3 is 2.62 bits per heavy atom. The van der Waals surface area contributed by atoms with E-state index >= 15 is 0 Å².